The molecule has 0 aliphatic carbocycles. The molecular formula is C12H20. The third kappa shape index (κ3) is 7.33. The number of benzene rings is 1. The largest absolute Gasteiger partial charge is 0.0683 e. The molecule has 0 atom stereocenters. The van der Waals surface area contributed by atoms with E-state index in [1.807, 2.05) is 26.0 Å². The fourth-order valence-corrected chi connectivity index (χ4v) is 0.712. The Kier molecular flexibility index (Phi) is 11.7. The molecule has 0 heterocycles. The summed E-state index contributed by atoms with van der Waals surface area (Å²) in [5.41, 5.74) is 2.36. The van der Waals surface area contributed by atoms with Crippen LogP contribution in [0.2, 0.25) is 0 Å². The van der Waals surface area contributed by atoms with Crippen LogP contribution in [0.1, 0.15) is 31.9 Å². The van der Waals surface area contributed by atoms with Gasteiger partial charge in [0.15, 0.2) is 0 Å². The highest BCUT2D eigenvalue weighted by Crippen LogP contribution is 2.00. The first-order chi connectivity index (χ1) is 5.79. The Morgan fingerprint density at radius 2 is 1.58 bits per heavy atom. The molecule has 0 nitrogen and oxygen atoms in total. The second kappa shape index (κ2) is 10.2. The summed E-state index contributed by atoms with van der Waals surface area (Å²) in [6.45, 7) is 14.8. The Labute approximate surface area is 77.6 Å². The van der Waals surface area contributed by atoms with Gasteiger partial charge in [-0.1, -0.05) is 57.5 Å². The molecule has 0 saturated heterocycles. The molecule has 0 bridgehead atoms. The first-order valence-electron chi connectivity index (χ1n) is 4.38. The SMILES string of the molecule is CC.[CH2]C.[CH2]c1cccc(C)c1. The molecule has 0 aliphatic heterocycles. The molecule has 0 amide bonds. The van der Waals surface area contributed by atoms with E-state index in [1.165, 1.54) is 5.56 Å². The number of aryl methyl sites for hydroxylation is 1. The van der Waals surface area contributed by atoms with Crippen molar-refractivity contribution in [2.45, 2.75) is 27.7 Å². The van der Waals surface area contributed by atoms with Gasteiger partial charge in [0.1, 0.15) is 0 Å². The smallest absolute Gasteiger partial charge is 0.0238 e. The Balaban J connectivity index is 0. The average molecular weight is 164 g/mol. The van der Waals surface area contributed by atoms with Gasteiger partial charge in [-0.25, -0.2) is 0 Å². The van der Waals surface area contributed by atoms with Gasteiger partial charge in [-0.15, -0.1) is 0 Å². The monoisotopic (exact) mass is 164 g/mol. The first kappa shape index (κ1) is 13.8. The van der Waals surface area contributed by atoms with Crippen molar-refractivity contribution in [3.63, 3.8) is 0 Å². The van der Waals surface area contributed by atoms with Crippen molar-refractivity contribution < 1.29 is 0 Å². The summed E-state index contributed by atoms with van der Waals surface area (Å²) < 4.78 is 0. The van der Waals surface area contributed by atoms with Crippen LogP contribution in [0.4, 0.5) is 0 Å². The fraction of sp³-hybridized carbons (Fsp3) is 0.333. The molecule has 1 rings (SSSR count). The van der Waals surface area contributed by atoms with Gasteiger partial charge in [-0.05, 0) is 19.4 Å². The van der Waals surface area contributed by atoms with Crippen LogP contribution in [0, 0.1) is 20.8 Å². The van der Waals surface area contributed by atoms with Crippen LogP contribution in [-0.4, -0.2) is 0 Å². The summed E-state index contributed by atoms with van der Waals surface area (Å²) in [7, 11) is 0. The highest BCUT2D eigenvalue weighted by molar-refractivity contribution is 5.23. The van der Waals surface area contributed by atoms with Crippen LogP contribution < -0.4 is 0 Å². The third-order valence-electron chi connectivity index (χ3n) is 1.08. The van der Waals surface area contributed by atoms with E-state index >= 15 is 0 Å². The van der Waals surface area contributed by atoms with Gasteiger partial charge < -0.3 is 0 Å². The second-order valence-electron chi connectivity index (χ2n) is 1.99. The predicted octanol–water partition coefficient (Wildman–Crippen LogP) is 4.04. The lowest BCUT2D eigenvalue weighted by atomic mass is 10.2. The van der Waals surface area contributed by atoms with E-state index in [2.05, 4.69) is 32.9 Å². The number of hydrogen-bond donors (Lipinski definition) is 0. The van der Waals surface area contributed by atoms with Gasteiger partial charge in [0.05, 0.1) is 0 Å². The standard InChI is InChI=1S/C8H9.C2H6.C2H5/c1-7-4-3-5-8(2)6-7;2*1-2/h3-6H,1H2,2H3;1-2H3;1H2,2H3. The molecule has 0 unspecified atom stereocenters. The van der Waals surface area contributed by atoms with Crippen LogP contribution in [0.25, 0.3) is 0 Å². The fourth-order valence-electron chi connectivity index (χ4n) is 0.712. The van der Waals surface area contributed by atoms with Gasteiger partial charge in [0.25, 0.3) is 0 Å². The van der Waals surface area contributed by atoms with Crippen molar-refractivity contribution in [3.8, 4) is 0 Å². The number of rotatable bonds is 0. The summed E-state index contributed by atoms with van der Waals surface area (Å²) in [5, 5.41) is 0. The molecule has 0 aromatic heterocycles. The van der Waals surface area contributed by atoms with E-state index < -0.39 is 0 Å². The minimum absolute atomic E-state index is 1.09. The topological polar surface area (TPSA) is 0 Å². The Bertz CT molecular complexity index is 160. The van der Waals surface area contributed by atoms with Gasteiger partial charge in [0, 0.05) is 0 Å². The van der Waals surface area contributed by atoms with Crippen molar-refractivity contribution in [1.29, 1.82) is 0 Å². The van der Waals surface area contributed by atoms with Crippen molar-refractivity contribution in [2.24, 2.45) is 0 Å². The summed E-state index contributed by atoms with van der Waals surface area (Å²) in [4.78, 5) is 0. The summed E-state index contributed by atoms with van der Waals surface area (Å²) in [6, 6.07) is 8.12. The van der Waals surface area contributed by atoms with E-state index in [0.717, 1.165) is 5.56 Å². The molecule has 0 aliphatic rings. The highest BCUT2D eigenvalue weighted by atomic mass is 13.9. The van der Waals surface area contributed by atoms with E-state index in [9.17, 15) is 0 Å². The zero-order valence-electron chi connectivity index (χ0n) is 8.72. The molecule has 12 heavy (non-hydrogen) atoms. The van der Waals surface area contributed by atoms with Gasteiger partial charge in [-0.3, -0.25) is 0 Å². The van der Waals surface area contributed by atoms with Crippen molar-refractivity contribution >= 4 is 0 Å². The zero-order valence-corrected chi connectivity index (χ0v) is 8.72. The number of hydrogen-bond acceptors (Lipinski definition) is 0. The van der Waals surface area contributed by atoms with Gasteiger partial charge in [0.2, 0.25) is 0 Å². The van der Waals surface area contributed by atoms with Crippen molar-refractivity contribution in [2.75, 3.05) is 0 Å². The maximum atomic E-state index is 3.78. The first-order valence-corrected chi connectivity index (χ1v) is 4.38. The lowest BCUT2D eigenvalue weighted by molar-refractivity contribution is 1.44. The van der Waals surface area contributed by atoms with Crippen LogP contribution >= 0.6 is 0 Å². The lowest BCUT2D eigenvalue weighted by Gasteiger charge is -1.90. The minimum atomic E-state index is 1.09. The molecule has 2 radical (unpaired) electrons. The summed E-state index contributed by atoms with van der Waals surface area (Å²) >= 11 is 0. The molecule has 0 fully saturated rings. The van der Waals surface area contributed by atoms with Crippen LogP contribution in [0.5, 0.6) is 0 Å². The highest BCUT2D eigenvalue weighted by Gasteiger charge is 1.80. The Morgan fingerprint density at radius 3 is 1.83 bits per heavy atom. The molecule has 0 spiro atoms. The quantitative estimate of drug-likeness (QED) is 0.543. The second-order valence-corrected chi connectivity index (χ2v) is 1.99. The van der Waals surface area contributed by atoms with Crippen LogP contribution in [-0.2, 0) is 0 Å². The maximum Gasteiger partial charge on any atom is -0.0238 e. The van der Waals surface area contributed by atoms with Crippen molar-refractivity contribution in [3.05, 3.63) is 49.2 Å². The molecule has 0 N–H and O–H groups in total. The average Bonchev–Trinajstić information content (AvgIpc) is 2.11. The normalized spacial score (nSPS) is 7.17. The van der Waals surface area contributed by atoms with E-state index in [4.69, 9.17) is 0 Å². The van der Waals surface area contributed by atoms with E-state index in [1.54, 1.807) is 6.92 Å². The predicted molar refractivity (Wildman–Crippen MR) is 58.0 cm³/mol. The van der Waals surface area contributed by atoms with Crippen LogP contribution in [0.15, 0.2) is 24.3 Å². The Morgan fingerprint density at radius 1 is 1.08 bits per heavy atom. The molecule has 0 heteroatoms. The van der Waals surface area contributed by atoms with E-state index in [-0.39, 0.29) is 0 Å². The maximum absolute atomic E-state index is 3.78. The third-order valence-corrected chi connectivity index (χ3v) is 1.08. The van der Waals surface area contributed by atoms with E-state index in [0.29, 0.717) is 0 Å². The van der Waals surface area contributed by atoms with Gasteiger partial charge >= 0.3 is 0 Å². The summed E-state index contributed by atoms with van der Waals surface area (Å²) in [6.07, 6.45) is 0. The molecule has 1 aromatic rings. The molecular weight excluding hydrogens is 144 g/mol. The molecule has 68 valence electrons. The minimum Gasteiger partial charge on any atom is -0.0683 e. The molecule has 0 saturated carbocycles. The molecule has 1 aromatic carbocycles. The zero-order chi connectivity index (χ0) is 9.98. The lowest BCUT2D eigenvalue weighted by Crippen LogP contribution is -1.71. The summed E-state index contributed by atoms with van der Waals surface area (Å²) in [5.74, 6) is 0. The van der Waals surface area contributed by atoms with Crippen molar-refractivity contribution in [1.82, 2.24) is 0 Å². The van der Waals surface area contributed by atoms with Gasteiger partial charge in [-0.2, -0.15) is 0 Å². The Hall–Kier alpha value is -0.780. The van der Waals surface area contributed by atoms with Crippen LogP contribution in [0.3, 0.4) is 0 Å².